The van der Waals surface area contributed by atoms with Crippen LogP contribution in [-0.2, 0) is 52.2 Å². The highest BCUT2D eigenvalue weighted by molar-refractivity contribution is 5.78. The van der Waals surface area contributed by atoms with E-state index in [-0.39, 0.29) is 24.7 Å². The lowest BCUT2D eigenvalue weighted by Gasteiger charge is -2.47. The van der Waals surface area contributed by atoms with E-state index in [9.17, 15) is 20.1 Å². The van der Waals surface area contributed by atoms with Crippen molar-refractivity contribution in [1.82, 2.24) is 0 Å². The third kappa shape index (κ3) is 8.96. The number of carbonyl (C=O) groups is 1. The summed E-state index contributed by atoms with van der Waals surface area (Å²) < 4.78 is 62.8. The van der Waals surface area contributed by atoms with Crippen LogP contribution in [0.4, 0.5) is 0 Å². The predicted octanol–water partition coefficient (Wildman–Crippen LogP) is 4.19. The van der Waals surface area contributed by atoms with Gasteiger partial charge in [-0.3, -0.25) is 4.79 Å². The summed E-state index contributed by atoms with van der Waals surface area (Å²) in [5.41, 5.74) is 0.195. The van der Waals surface area contributed by atoms with Gasteiger partial charge in [0.2, 0.25) is 0 Å². The zero-order valence-corrected chi connectivity index (χ0v) is 35.3. The van der Waals surface area contributed by atoms with Crippen LogP contribution in [0.5, 0.6) is 0 Å². The van der Waals surface area contributed by atoms with E-state index in [4.69, 9.17) is 47.4 Å². The number of aliphatic hydroxyl groups is 3. The van der Waals surface area contributed by atoms with Crippen molar-refractivity contribution >= 4 is 5.97 Å². The summed E-state index contributed by atoms with van der Waals surface area (Å²) >= 11 is 0. The molecule has 0 amide bonds. The number of rotatable bonds is 6. The van der Waals surface area contributed by atoms with Crippen molar-refractivity contribution in [1.29, 1.82) is 0 Å². The fraction of sp³-hybridized carbons (Fsp3) is 0.795. The molecule has 5 saturated heterocycles. The minimum absolute atomic E-state index is 0.0438. The number of hydrogen-bond acceptors (Lipinski definition) is 14. The molecule has 7 aliphatic rings. The van der Waals surface area contributed by atoms with E-state index in [2.05, 4.69) is 19.9 Å². The van der Waals surface area contributed by atoms with Crippen molar-refractivity contribution in [2.24, 2.45) is 17.8 Å². The Labute approximate surface area is 342 Å². The summed E-state index contributed by atoms with van der Waals surface area (Å²) in [5, 5.41) is 34.0. The zero-order valence-electron chi connectivity index (χ0n) is 35.3. The predicted molar refractivity (Wildman–Crippen MR) is 209 cm³/mol. The summed E-state index contributed by atoms with van der Waals surface area (Å²) in [6, 6.07) is 0. The smallest absolute Gasteiger partial charge is 0.316 e. The molecule has 7 unspecified atom stereocenters. The maximum atomic E-state index is 14.1. The Morgan fingerprint density at radius 2 is 1.62 bits per heavy atom. The van der Waals surface area contributed by atoms with E-state index in [0.717, 1.165) is 12.0 Å². The quantitative estimate of drug-likeness (QED) is 0.258. The van der Waals surface area contributed by atoms with Gasteiger partial charge in [0.25, 0.3) is 0 Å². The van der Waals surface area contributed by atoms with Gasteiger partial charge in [-0.05, 0) is 63.2 Å². The maximum absolute atomic E-state index is 14.1. The molecule has 0 aromatic rings. The summed E-state index contributed by atoms with van der Waals surface area (Å²) in [5.74, 6) is -2.32. The molecule has 0 saturated carbocycles. The Hall–Kier alpha value is -2.05. The van der Waals surface area contributed by atoms with E-state index < -0.39 is 90.8 Å². The summed E-state index contributed by atoms with van der Waals surface area (Å²) in [7, 11) is 3.22. The van der Waals surface area contributed by atoms with Crippen LogP contribution in [0.3, 0.4) is 0 Å². The molecule has 0 radical (unpaired) electrons. The second-order valence-corrected chi connectivity index (χ2v) is 17.8. The Bertz CT molecular complexity index is 1570. The summed E-state index contributed by atoms with van der Waals surface area (Å²) in [6.07, 6.45) is 5.65. The summed E-state index contributed by atoms with van der Waals surface area (Å²) in [6.45, 7) is 12.3. The van der Waals surface area contributed by atoms with E-state index in [1.807, 2.05) is 26.0 Å². The Kier molecular flexibility index (Phi) is 13.8. The van der Waals surface area contributed by atoms with Gasteiger partial charge in [0.15, 0.2) is 18.4 Å². The van der Waals surface area contributed by atoms with Gasteiger partial charge in [0, 0.05) is 52.2 Å². The van der Waals surface area contributed by atoms with Gasteiger partial charge in [-0.1, -0.05) is 44.2 Å². The molecular formula is C44H66O14. The van der Waals surface area contributed by atoms with Gasteiger partial charge in [0.05, 0.1) is 49.8 Å². The highest BCUT2D eigenvalue weighted by Gasteiger charge is 2.60. The molecule has 14 nitrogen and oxygen atoms in total. The Morgan fingerprint density at radius 1 is 0.897 bits per heavy atom. The standard InChI is InChI=1S/C44H66O14/c1-23-14-15-43(52-21-23)20-31-17-30(58-43)13-12-25(3)39(24(2)10-9-11-29-22-51-41-37(45)26(4)16-32(42(47)55-31)44(29,41)48)56-36-19-34(50-8)40(28(6)54-36)57-35-18-33(49-7)38(46)27(5)53-35/h9-12,16,23-24,27-28,30-41,45-46,48H,13-15,17-22H2,1-8H3/t23-,24?,27-,28-,30?,31?,32?,33-,34-,35-,36?,37+,38-,39-,40-,41?,43?,44+/m0/s1. The van der Waals surface area contributed by atoms with Crippen molar-refractivity contribution in [3.05, 3.63) is 47.1 Å². The Morgan fingerprint density at radius 3 is 2.34 bits per heavy atom. The third-order valence-corrected chi connectivity index (χ3v) is 13.5. The van der Waals surface area contributed by atoms with Gasteiger partial charge in [-0.2, -0.15) is 0 Å². The monoisotopic (exact) mass is 818 g/mol. The van der Waals surface area contributed by atoms with Gasteiger partial charge < -0.3 is 62.7 Å². The molecule has 1 aliphatic carbocycles. The SMILES string of the molecule is CO[C@H]1C[C@H](O[C@H]2[C@H](C)OC(O[C@@H]3C(C)=CCC4CC(CC5(CC[C@H](C)CO5)O4)OC(=O)C4C=C(C)[C@@H](O)C5OCC(=CC=CC3C)[C@@]45O)C[C@@H]2OC)O[C@@H](C)[C@@H]1O. The number of ether oxygens (including phenoxy) is 10. The van der Waals surface area contributed by atoms with Crippen molar-refractivity contribution in [2.75, 3.05) is 27.4 Å². The van der Waals surface area contributed by atoms with Crippen molar-refractivity contribution < 1.29 is 67.5 Å². The molecule has 3 N–H and O–H groups in total. The van der Waals surface area contributed by atoms with Gasteiger partial charge in [-0.25, -0.2) is 0 Å². The number of allylic oxidation sites excluding steroid dienone is 2. The molecule has 5 fully saturated rings. The van der Waals surface area contributed by atoms with Gasteiger partial charge in [0.1, 0.15) is 42.0 Å². The van der Waals surface area contributed by atoms with Crippen LogP contribution in [0.25, 0.3) is 0 Å². The molecule has 18 atom stereocenters. The molecule has 0 aromatic carbocycles. The number of aliphatic hydroxyl groups excluding tert-OH is 2. The van der Waals surface area contributed by atoms with Crippen molar-refractivity contribution in [3.8, 4) is 0 Å². The van der Waals surface area contributed by atoms with E-state index in [1.165, 1.54) is 0 Å². The number of hydrogen-bond donors (Lipinski definition) is 3. The largest absolute Gasteiger partial charge is 0.462 e. The number of methoxy groups -OCH3 is 2. The molecule has 6 aliphatic heterocycles. The van der Waals surface area contributed by atoms with Gasteiger partial charge >= 0.3 is 5.97 Å². The molecule has 58 heavy (non-hydrogen) atoms. The lowest BCUT2D eigenvalue weighted by molar-refractivity contribution is -0.318. The number of fused-ring (bicyclic) bond motifs is 2. The normalized spacial score (nSPS) is 47.8. The topological polar surface area (TPSA) is 170 Å². The van der Waals surface area contributed by atoms with E-state index in [1.54, 1.807) is 40.2 Å². The fourth-order valence-corrected chi connectivity index (χ4v) is 9.95. The lowest BCUT2D eigenvalue weighted by Crippen LogP contribution is -2.58. The second kappa shape index (κ2) is 18.1. The van der Waals surface area contributed by atoms with Crippen LogP contribution in [0.1, 0.15) is 86.5 Å². The average Bonchev–Trinajstić information content (AvgIpc) is 3.53. The minimum atomic E-state index is -1.81. The van der Waals surface area contributed by atoms with Crippen molar-refractivity contribution in [2.45, 2.75) is 178 Å². The minimum Gasteiger partial charge on any atom is -0.462 e. The molecule has 14 heteroatoms. The van der Waals surface area contributed by atoms with E-state index in [0.29, 0.717) is 62.2 Å². The highest BCUT2D eigenvalue weighted by Crippen LogP contribution is 2.47. The first-order chi connectivity index (χ1) is 27.6. The number of esters is 1. The average molecular weight is 819 g/mol. The molecular weight excluding hydrogens is 752 g/mol. The molecule has 6 heterocycles. The molecule has 0 aromatic heterocycles. The van der Waals surface area contributed by atoms with E-state index >= 15 is 0 Å². The van der Waals surface area contributed by atoms with Crippen molar-refractivity contribution in [3.63, 3.8) is 0 Å². The first-order valence-corrected chi connectivity index (χ1v) is 21.3. The first-order valence-electron chi connectivity index (χ1n) is 21.3. The van der Waals surface area contributed by atoms with Crippen LogP contribution < -0.4 is 0 Å². The molecule has 326 valence electrons. The molecule has 7 rings (SSSR count). The molecule has 1 spiro atoms. The lowest BCUT2D eigenvalue weighted by atomic mass is 9.71. The van der Waals surface area contributed by atoms with Crippen LogP contribution in [0.2, 0.25) is 0 Å². The van der Waals surface area contributed by atoms with Crippen LogP contribution in [0.15, 0.2) is 47.1 Å². The third-order valence-electron chi connectivity index (χ3n) is 13.5. The molecule has 2 bridgehead atoms. The summed E-state index contributed by atoms with van der Waals surface area (Å²) in [4.78, 5) is 14.1. The Balaban J connectivity index is 1.16. The van der Waals surface area contributed by atoms with Crippen LogP contribution in [0, 0.1) is 17.8 Å². The first kappa shape index (κ1) is 44.0. The van der Waals surface area contributed by atoms with Crippen LogP contribution in [-0.4, -0.2) is 140 Å². The van der Waals surface area contributed by atoms with Gasteiger partial charge in [-0.15, -0.1) is 0 Å². The number of carbonyl (C=O) groups excluding carboxylic acids is 1. The second-order valence-electron chi connectivity index (χ2n) is 17.8. The van der Waals surface area contributed by atoms with Crippen LogP contribution >= 0.6 is 0 Å². The highest BCUT2D eigenvalue weighted by atomic mass is 16.7. The maximum Gasteiger partial charge on any atom is 0.316 e. The zero-order chi connectivity index (χ0) is 41.5. The fourth-order valence-electron chi connectivity index (χ4n) is 9.95.